The Bertz CT molecular complexity index is 1160. The molecule has 11 atom stereocenters. The van der Waals surface area contributed by atoms with E-state index in [0.717, 1.165) is 0 Å². The van der Waals surface area contributed by atoms with Crippen molar-refractivity contribution < 1.29 is 60.3 Å². The van der Waals surface area contributed by atoms with Gasteiger partial charge >= 0.3 is 5.97 Å². The Balaban J connectivity index is 2.95. The van der Waals surface area contributed by atoms with Gasteiger partial charge in [-0.05, 0) is 83.0 Å². The summed E-state index contributed by atoms with van der Waals surface area (Å²) in [5.41, 5.74) is 0.425. The van der Waals surface area contributed by atoms with Crippen molar-refractivity contribution in [2.24, 2.45) is 11.8 Å². The van der Waals surface area contributed by atoms with Crippen LogP contribution in [-0.2, 0) is 14.3 Å². The summed E-state index contributed by atoms with van der Waals surface area (Å²) in [6.45, 7) is 7.53. The van der Waals surface area contributed by atoms with Gasteiger partial charge in [-0.1, -0.05) is 75.5 Å². The highest BCUT2D eigenvalue weighted by atomic mass is 16.5. The van der Waals surface area contributed by atoms with E-state index in [1.165, 1.54) is 0 Å². The van der Waals surface area contributed by atoms with Crippen LogP contribution in [0.4, 0.5) is 0 Å². The molecule has 0 saturated heterocycles. The molecule has 0 radical (unpaired) electrons. The molecule has 0 saturated carbocycles. The average molecular weight is 739 g/mol. The fourth-order valence-corrected chi connectivity index (χ4v) is 6.32. The zero-order valence-corrected chi connectivity index (χ0v) is 31.4. The number of rotatable bonds is 1. The molecule has 0 aromatic heterocycles. The van der Waals surface area contributed by atoms with Crippen LogP contribution in [-0.4, -0.2) is 119 Å². The van der Waals surface area contributed by atoms with Crippen molar-refractivity contribution in [3.05, 3.63) is 60.3 Å². The third-order valence-corrected chi connectivity index (χ3v) is 9.03. The number of allylic oxidation sites excluding steroid dienone is 8. The lowest BCUT2D eigenvalue weighted by atomic mass is 9.89. The Labute approximate surface area is 309 Å². The number of hydrogen-bond acceptors (Lipinski definition) is 12. The van der Waals surface area contributed by atoms with Gasteiger partial charge < -0.3 is 50.7 Å². The molecule has 2 unspecified atom stereocenters. The first-order valence-corrected chi connectivity index (χ1v) is 18.6. The first kappa shape index (κ1) is 47.5. The second kappa shape index (κ2) is 26.3. The lowest BCUT2D eigenvalue weighted by molar-refractivity contribution is -0.149. The molecule has 0 spiro atoms. The third-order valence-electron chi connectivity index (χ3n) is 9.03. The van der Waals surface area contributed by atoms with Gasteiger partial charge in [-0.25, -0.2) is 4.79 Å². The van der Waals surface area contributed by atoms with Gasteiger partial charge in [-0.3, -0.25) is 4.79 Å². The van der Waals surface area contributed by atoms with Crippen molar-refractivity contribution >= 4 is 11.8 Å². The number of carbonyl (C=O) groups is 2. The molecule has 0 amide bonds. The number of aliphatic hydroxyl groups excluding tert-OH is 9. The minimum atomic E-state index is -1.22. The lowest BCUT2D eigenvalue weighted by Gasteiger charge is -2.28. The topological polar surface area (TPSA) is 225 Å². The summed E-state index contributed by atoms with van der Waals surface area (Å²) in [4.78, 5) is 25.2. The van der Waals surface area contributed by atoms with Crippen LogP contribution in [0.2, 0.25) is 0 Å². The maximum Gasteiger partial charge on any atom is 0.334 e. The second-order valence-corrected chi connectivity index (χ2v) is 14.8. The van der Waals surface area contributed by atoms with Crippen LogP contribution in [0, 0.1) is 11.8 Å². The Hall–Kier alpha value is -2.52. The van der Waals surface area contributed by atoms with Crippen LogP contribution < -0.4 is 0 Å². The van der Waals surface area contributed by atoms with E-state index in [9.17, 15) is 55.5 Å². The zero-order valence-electron chi connectivity index (χ0n) is 31.4. The SMILES string of the molecule is C\C1=C/C=C/C=C/C=C/C=C/CC(O)CC(O)CC(=O)C[C@H](O)C[C@H](O)C[C@H](O)C[C@@H](O)C[C@H](O)C[C@@H](O)C[C@@H](O)CC[C@H](C)[C@H](C(C)C)OC1=O. The highest BCUT2D eigenvalue weighted by Crippen LogP contribution is 2.25. The lowest BCUT2D eigenvalue weighted by Crippen LogP contribution is -2.32. The molecule has 0 aromatic carbocycles. The molecule has 12 nitrogen and oxygen atoms in total. The molecule has 1 aliphatic rings. The maximum atomic E-state index is 12.8. The number of cyclic esters (lactones) is 1. The van der Waals surface area contributed by atoms with Gasteiger partial charge in [0.1, 0.15) is 11.9 Å². The second-order valence-electron chi connectivity index (χ2n) is 14.8. The van der Waals surface area contributed by atoms with Crippen LogP contribution in [0.15, 0.2) is 60.3 Å². The quantitative estimate of drug-likeness (QED) is 0.177. The highest BCUT2D eigenvalue weighted by molar-refractivity contribution is 5.88. The summed E-state index contributed by atoms with van der Waals surface area (Å²) in [7, 11) is 0. The van der Waals surface area contributed by atoms with Crippen molar-refractivity contribution in [3.63, 3.8) is 0 Å². The highest BCUT2D eigenvalue weighted by Gasteiger charge is 2.27. The van der Waals surface area contributed by atoms with E-state index in [-0.39, 0.29) is 76.0 Å². The van der Waals surface area contributed by atoms with Crippen molar-refractivity contribution in [1.29, 1.82) is 0 Å². The number of Topliss-reactive ketones (excluding diaryl/α,β-unsaturated/α-hetero) is 1. The van der Waals surface area contributed by atoms with E-state index in [1.807, 2.05) is 20.8 Å². The predicted octanol–water partition coefficient (Wildman–Crippen LogP) is 2.87. The van der Waals surface area contributed by atoms with Crippen LogP contribution in [0.25, 0.3) is 0 Å². The predicted molar refractivity (Wildman–Crippen MR) is 199 cm³/mol. The molecule has 1 aliphatic heterocycles. The summed E-state index contributed by atoms with van der Waals surface area (Å²) < 4.78 is 5.83. The Morgan fingerprint density at radius 1 is 0.558 bits per heavy atom. The molecular formula is C40H66O12. The van der Waals surface area contributed by atoms with Gasteiger partial charge in [-0.15, -0.1) is 0 Å². The fraction of sp³-hybridized carbons (Fsp3) is 0.700. The summed E-state index contributed by atoms with van der Waals surface area (Å²) >= 11 is 0. The summed E-state index contributed by atoms with van der Waals surface area (Å²) in [6.07, 6.45) is 5.24. The number of hydrogen-bond donors (Lipinski definition) is 9. The molecule has 1 rings (SSSR count). The average Bonchev–Trinajstić information content (AvgIpc) is 3.01. The third kappa shape index (κ3) is 22.5. The molecule has 52 heavy (non-hydrogen) atoms. The first-order chi connectivity index (χ1) is 24.5. The monoisotopic (exact) mass is 738 g/mol. The normalized spacial score (nSPS) is 38.3. The standard InChI is InChI=1S/C40H66O12/c1-26(2)39-27(3)15-16-30(42)18-32(44)20-34(46)22-36(48)24-38(50)25-37(49)23-35(47)21-33(45)19-31(43)17-29(41)14-12-10-8-6-5-7-9-11-13-28(4)40(51)52-39/h5-13,26-27,29-32,34-39,41-44,46-50H,14-25H2,1-4H3/b7-5+,8-6+,11-9+,12-10+,28-13+/t27-,29?,30-,31?,32-,34+,35-,36-,37-,38+,39-/m0/s1. The minimum absolute atomic E-state index is 0.00167. The molecule has 298 valence electrons. The van der Waals surface area contributed by atoms with Crippen LogP contribution in [0.3, 0.4) is 0 Å². The Morgan fingerprint density at radius 3 is 1.44 bits per heavy atom. The molecular weight excluding hydrogens is 672 g/mol. The molecule has 0 aromatic rings. The Kier molecular flexibility index (Phi) is 24.0. The fourth-order valence-electron chi connectivity index (χ4n) is 6.32. The zero-order chi connectivity index (χ0) is 39.2. The maximum absolute atomic E-state index is 12.8. The Morgan fingerprint density at radius 2 is 0.962 bits per heavy atom. The van der Waals surface area contributed by atoms with E-state index >= 15 is 0 Å². The van der Waals surface area contributed by atoms with E-state index in [1.54, 1.807) is 61.6 Å². The summed E-state index contributed by atoms with van der Waals surface area (Å²) in [5, 5.41) is 93.3. The minimum Gasteiger partial charge on any atom is -0.458 e. The molecule has 1 heterocycles. The smallest absolute Gasteiger partial charge is 0.334 e. The number of ketones is 1. The van der Waals surface area contributed by atoms with Crippen molar-refractivity contribution in [2.75, 3.05) is 0 Å². The van der Waals surface area contributed by atoms with Crippen LogP contribution in [0.5, 0.6) is 0 Å². The van der Waals surface area contributed by atoms with E-state index in [2.05, 4.69) is 0 Å². The van der Waals surface area contributed by atoms with Gasteiger partial charge in [0.25, 0.3) is 0 Å². The number of esters is 1. The van der Waals surface area contributed by atoms with Gasteiger partial charge in [0.15, 0.2) is 0 Å². The number of ether oxygens (including phenoxy) is 1. The molecule has 0 fully saturated rings. The van der Waals surface area contributed by atoms with Gasteiger partial charge in [0.2, 0.25) is 0 Å². The van der Waals surface area contributed by atoms with Gasteiger partial charge in [-0.2, -0.15) is 0 Å². The largest absolute Gasteiger partial charge is 0.458 e. The van der Waals surface area contributed by atoms with E-state index < -0.39 is 72.8 Å². The summed E-state index contributed by atoms with van der Waals surface area (Å²) in [5.74, 6) is -0.939. The number of carbonyl (C=O) groups excluding carboxylic acids is 2. The van der Waals surface area contributed by atoms with Gasteiger partial charge in [0.05, 0.1) is 54.9 Å². The molecule has 12 heteroatoms. The van der Waals surface area contributed by atoms with Crippen LogP contribution in [0.1, 0.15) is 105 Å². The van der Waals surface area contributed by atoms with E-state index in [0.29, 0.717) is 18.4 Å². The number of aliphatic hydroxyl groups is 9. The molecule has 0 aliphatic carbocycles. The van der Waals surface area contributed by atoms with Crippen LogP contribution >= 0.6 is 0 Å². The summed E-state index contributed by atoms with van der Waals surface area (Å²) in [6, 6.07) is 0. The first-order valence-electron chi connectivity index (χ1n) is 18.6. The molecule has 0 bridgehead atoms. The van der Waals surface area contributed by atoms with E-state index in [4.69, 9.17) is 4.74 Å². The van der Waals surface area contributed by atoms with Gasteiger partial charge in [0, 0.05) is 18.4 Å². The van der Waals surface area contributed by atoms with Crippen molar-refractivity contribution in [3.8, 4) is 0 Å². The van der Waals surface area contributed by atoms with Crippen molar-refractivity contribution in [2.45, 2.75) is 166 Å². The van der Waals surface area contributed by atoms with Crippen molar-refractivity contribution in [1.82, 2.24) is 0 Å². The molecule has 9 N–H and O–H groups in total.